The molecular weight excluding hydrogens is 392 g/mol. The molecule has 1 heterocycles. The van der Waals surface area contributed by atoms with E-state index < -0.39 is 5.41 Å². The van der Waals surface area contributed by atoms with Crippen LogP contribution in [0, 0.1) is 0 Å². The second-order valence-corrected chi connectivity index (χ2v) is 9.07. The van der Waals surface area contributed by atoms with Crippen LogP contribution < -0.4 is 5.32 Å². The Morgan fingerprint density at radius 2 is 1.64 bits per heavy atom. The second kappa shape index (κ2) is 8.18. The number of hydrogen-bond acceptors (Lipinski definition) is 3. The Morgan fingerprint density at radius 1 is 1.00 bits per heavy atom. The summed E-state index contributed by atoms with van der Waals surface area (Å²) in [6, 6.07) is 15.1. The van der Waals surface area contributed by atoms with Gasteiger partial charge in [-0.15, -0.1) is 0 Å². The fraction of sp³-hybridized carbons (Fsp3) is 0.364. The fourth-order valence-electron chi connectivity index (χ4n) is 3.60. The molecule has 0 atom stereocenters. The number of carbonyl (C=O) groups is 2. The van der Waals surface area contributed by atoms with E-state index in [0.29, 0.717) is 11.4 Å². The number of hydrogen-bond donors (Lipinski definition) is 1. The van der Waals surface area contributed by atoms with Crippen molar-refractivity contribution in [1.29, 1.82) is 0 Å². The third-order valence-electron chi connectivity index (χ3n) is 5.51. The molecule has 2 aromatic rings. The van der Waals surface area contributed by atoms with Crippen molar-refractivity contribution in [3.63, 3.8) is 0 Å². The summed E-state index contributed by atoms with van der Waals surface area (Å²) in [6.07, 6.45) is 2.11. The van der Waals surface area contributed by atoms with Crippen LogP contribution in [0.2, 0.25) is 5.02 Å². The first kappa shape index (κ1) is 19.3. The van der Waals surface area contributed by atoms with Gasteiger partial charge < -0.3 is 10.2 Å². The highest BCUT2D eigenvalue weighted by Crippen LogP contribution is 2.49. The summed E-state index contributed by atoms with van der Waals surface area (Å²) in [5.74, 6) is 2.24. The molecule has 6 heteroatoms. The molecule has 0 spiro atoms. The summed E-state index contributed by atoms with van der Waals surface area (Å²) in [7, 11) is 0. The fourth-order valence-corrected chi connectivity index (χ4v) is 4.63. The van der Waals surface area contributed by atoms with E-state index in [1.807, 2.05) is 65.2 Å². The minimum absolute atomic E-state index is 0.0180. The summed E-state index contributed by atoms with van der Waals surface area (Å²) in [4.78, 5) is 27.2. The lowest BCUT2D eigenvalue weighted by atomic mass is 9.95. The van der Waals surface area contributed by atoms with E-state index in [4.69, 9.17) is 11.6 Å². The Bertz CT molecular complexity index is 857. The second-order valence-electron chi connectivity index (χ2n) is 7.41. The molecule has 0 unspecified atom stereocenters. The molecule has 1 aliphatic carbocycles. The maximum Gasteiger partial charge on any atom is 0.235 e. The number of benzene rings is 2. The molecule has 28 heavy (non-hydrogen) atoms. The zero-order valence-electron chi connectivity index (χ0n) is 15.6. The summed E-state index contributed by atoms with van der Waals surface area (Å²) in [5.41, 5.74) is 2.30. The van der Waals surface area contributed by atoms with Gasteiger partial charge in [-0.1, -0.05) is 35.9 Å². The maximum atomic E-state index is 12.8. The molecule has 1 saturated carbocycles. The largest absolute Gasteiger partial charge is 0.341 e. The van der Waals surface area contributed by atoms with E-state index in [1.165, 1.54) is 0 Å². The van der Waals surface area contributed by atoms with Gasteiger partial charge in [-0.05, 0) is 48.2 Å². The standard InChI is InChI=1S/C22H23ClN2O2S/c23-18-5-3-17(4-6-18)22(9-10-22)21(27)24-19-7-1-16(2-8-19)15-20(26)25-11-13-28-14-12-25/h1-8H,9-15H2,(H,24,27). The van der Waals surface area contributed by atoms with Gasteiger partial charge in [0.1, 0.15) is 0 Å². The highest BCUT2D eigenvalue weighted by atomic mass is 35.5. The highest BCUT2D eigenvalue weighted by Gasteiger charge is 2.51. The SMILES string of the molecule is O=C(Cc1ccc(NC(=O)C2(c3ccc(Cl)cc3)CC2)cc1)N1CCSCC1. The summed E-state index contributed by atoms with van der Waals surface area (Å²) < 4.78 is 0. The van der Waals surface area contributed by atoms with Gasteiger partial charge in [0, 0.05) is 35.3 Å². The van der Waals surface area contributed by atoms with Gasteiger partial charge in [0.05, 0.1) is 11.8 Å². The molecule has 1 aliphatic heterocycles. The molecule has 2 aromatic carbocycles. The van der Waals surface area contributed by atoms with E-state index in [1.54, 1.807) is 0 Å². The molecule has 0 bridgehead atoms. The van der Waals surface area contributed by atoms with Crippen molar-refractivity contribution in [3.8, 4) is 0 Å². The van der Waals surface area contributed by atoms with Crippen molar-refractivity contribution >= 4 is 40.9 Å². The van der Waals surface area contributed by atoms with E-state index in [-0.39, 0.29) is 11.8 Å². The minimum Gasteiger partial charge on any atom is -0.341 e. The molecule has 0 radical (unpaired) electrons. The van der Waals surface area contributed by atoms with Gasteiger partial charge in [-0.2, -0.15) is 11.8 Å². The van der Waals surface area contributed by atoms with Crippen molar-refractivity contribution in [1.82, 2.24) is 4.90 Å². The number of nitrogens with one attached hydrogen (secondary N) is 1. The average molecular weight is 415 g/mol. The van der Waals surface area contributed by atoms with Gasteiger partial charge in [0.2, 0.25) is 11.8 Å². The number of rotatable bonds is 5. The highest BCUT2D eigenvalue weighted by molar-refractivity contribution is 7.99. The quantitative estimate of drug-likeness (QED) is 0.800. The predicted octanol–water partition coefficient (Wildman–Crippen LogP) is 4.13. The van der Waals surface area contributed by atoms with Crippen molar-refractivity contribution < 1.29 is 9.59 Å². The predicted molar refractivity (Wildman–Crippen MR) is 115 cm³/mol. The number of carbonyl (C=O) groups excluding carboxylic acids is 2. The lowest BCUT2D eigenvalue weighted by molar-refractivity contribution is -0.130. The van der Waals surface area contributed by atoms with Gasteiger partial charge in [0.25, 0.3) is 0 Å². The Morgan fingerprint density at radius 3 is 2.25 bits per heavy atom. The van der Waals surface area contributed by atoms with Crippen LogP contribution in [0.25, 0.3) is 0 Å². The lowest BCUT2D eigenvalue weighted by Gasteiger charge is -2.26. The molecule has 1 N–H and O–H groups in total. The molecule has 2 aliphatic rings. The first-order valence-corrected chi connectivity index (χ1v) is 11.1. The van der Waals surface area contributed by atoms with E-state index in [2.05, 4.69) is 5.32 Å². The van der Waals surface area contributed by atoms with Gasteiger partial charge in [-0.3, -0.25) is 9.59 Å². The van der Waals surface area contributed by atoms with Crippen LogP contribution in [0.3, 0.4) is 0 Å². The van der Waals surface area contributed by atoms with E-state index in [0.717, 1.165) is 54.3 Å². The normalized spacial score (nSPS) is 17.8. The van der Waals surface area contributed by atoms with Gasteiger partial charge in [0.15, 0.2) is 0 Å². The summed E-state index contributed by atoms with van der Waals surface area (Å²) >= 11 is 7.86. The van der Waals surface area contributed by atoms with Crippen LogP contribution in [-0.2, 0) is 21.4 Å². The number of anilines is 1. The summed E-state index contributed by atoms with van der Waals surface area (Å²) in [6.45, 7) is 1.68. The van der Waals surface area contributed by atoms with Crippen LogP contribution in [0.5, 0.6) is 0 Å². The molecule has 146 valence electrons. The van der Waals surface area contributed by atoms with E-state index in [9.17, 15) is 9.59 Å². The summed E-state index contributed by atoms with van der Waals surface area (Å²) in [5, 5.41) is 3.71. The number of nitrogens with zero attached hydrogens (tertiary/aromatic N) is 1. The Balaban J connectivity index is 1.37. The Hall–Kier alpha value is -1.98. The van der Waals surface area contributed by atoms with Crippen molar-refractivity contribution in [2.75, 3.05) is 29.9 Å². The molecule has 2 amide bonds. The topological polar surface area (TPSA) is 49.4 Å². The maximum absolute atomic E-state index is 12.8. The Labute approximate surface area is 174 Å². The first-order valence-electron chi connectivity index (χ1n) is 9.59. The third-order valence-corrected chi connectivity index (χ3v) is 6.71. The zero-order valence-corrected chi connectivity index (χ0v) is 17.2. The van der Waals surface area contributed by atoms with E-state index >= 15 is 0 Å². The zero-order chi connectivity index (χ0) is 19.6. The molecule has 4 nitrogen and oxygen atoms in total. The van der Waals surface area contributed by atoms with Crippen LogP contribution >= 0.6 is 23.4 Å². The minimum atomic E-state index is -0.439. The number of amides is 2. The number of thioether (sulfide) groups is 1. The third kappa shape index (κ3) is 4.20. The van der Waals surface area contributed by atoms with Crippen molar-refractivity contribution in [2.24, 2.45) is 0 Å². The Kier molecular flexibility index (Phi) is 5.65. The smallest absolute Gasteiger partial charge is 0.235 e. The molecule has 0 aromatic heterocycles. The molecule has 1 saturated heterocycles. The molecule has 2 fully saturated rings. The molecule has 4 rings (SSSR count). The number of halogens is 1. The lowest BCUT2D eigenvalue weighted by Crippen LogP contribution is -2.38. The van der Waals surface area contributed by atoms with Crippen molar-refractivity contribution in [3.05, 3.63) is 64.7 Å². The van der Waals surface area contributed by atoms with Gasteiger partial charge >= 0.3 is 0 Å². The van der Waals surface area contributed by atoms with Crippen molar-refractivity contribution in [2.45, 2.75) is 24.7 Å². The monoisotopic (exact) mass is 414 g/mol. The van der Waals surface area contributed by atoms with Crippen LogP contribution in [-0.4, -0.2) is 41.3 Å². The van der Waals surface area contributed by atoms with Crippen LogP contribution in [0.1, 0.15) is 24.0 Å². The first-order chi connectivity index (χ1) is 13.6. The van der Waals surface area contributed by atoms with Crippen LogP contribution in [0.4, 0.5) is 5.69 Å². The molecular formula is C22H23ClN2O2S. The van der Waals surface area contributed by atoms with Gasteiger partial charge in [-0.25, -0.2) is 0 Å². The van der Waals surface area contributed by atoms with Crippen LogP contribution in [0.15, 0.2) is 48.5 Å². The average Bonchev–Trinajstić information content (AvgIpc) is 3.53.